The Morgan fingerprint density at radius 2 is 2.05 bits per heavy atom. The van der Waals surface area contributed by atoms with Gasteiger partial charge in [-0.25, -0.2) is 9.18 Å². The minimum Gasteiger partial charge on any atom is -0.444 e. The van der Waals surface area contributed by atoms with Crippen LogP contribution < -0.4 is 11.1 Å². The minimum atomic E-state index is -1.55. The van der Waals surface area contributed by atoms with Gasteiger partial charge < -0.3 is 26.0 Å². The lowest BCUT2D eigenvalue weighted by Crippen LogP contribution is -2.39. The van der Waals surface area contributed by atoms with Gasteiger partial charge in [-0.2, -0.15) is 0 Å². The third-order valence-corrected chi connectivity index (χ3v) is 2.60. The normalized spacial score (nSPS) is 14.4. The first kappa shape index (κ1) is 17.2. The molecular weight excluding hydrogens is 279 g/mol. The molecule has 21 heavy (non-hydrogen) atoms. The molecule has 1 amide bonds. The number of hydrogen-bond acceptors (Lipinski definition) is 5. The molecule has 0 aliphatic rings. The number of carbonyl (C=O) groups excluding carboxylic acids is 1. The van der Waals surface area contributed by atoms with E-state index in [2.05, 4.69) is 5.32 Å². The van der Waals surface area contributed by atoms with Crippen LogP contribution in [0.3, 0.4) is 0 Å². The van der Waals surface area contributed by atoms with E-state index in [1.165, 1.54) is 12.1 Å². The number of nitrogens with one attached hydrogen (secondary N) is 1. The van der Waals surface area contributed by atoms with Crippen molar-refractivity contribution in [2.75, 3.05) is 12.3 Å². The van der Waals surface area contributed by atoms with Crippen molar-refractivity contribution in [1.82, 2.24) is 5.32 Å². The van der Waals surface area contributed by atoms with Crippen molar-refractivity contribution in [3.8, 4) is 0 Å². The Bertz CT molecular complexity index is 482. The molecule has 0 aliphatic heterocycles. The molecular formula is C14H21FN2O4. The van der Waals surface area contributed by atoms with Gasteiger partial charge in [-0.15, -0.1) is 0 Å². The van der Waals surface area contributed by atoms with E-state index in [-0.39, 0.29) is 17.8 Å². The second-order valence-corrected chi connectivity index (χ2v) is 5.64. The number of amides is 1. The van der Waals surface area contributed by atoms with E-state index in [1.807, 2.05) is 0 Å². The first-order valence-electron chi connectivity index (χ1n) is 6.48. The van der Waals surface area contributed by atoms with Gasteiger partial charge in [-0.1, -0.05) is 6.07 Å². The fraction of sp³-hybridized carbons (Fsp3) is 0.500. The number of nitrogen functional groups attached to an aromatic ring is 1. The SMILES string of the molecule is CC(C)(C)OC(=O)NCC(O)C(O)c1c(N)cccc1F. The summed E-state index contributed by atoms with van der Waals surface area (Å²) in [6.07, 6.45) is -3.71. The molecule has 0 radical (unpaired) electrons. The maximum absolute atomic E-state index is 13.6. The van der Waals surface area contributed by atoms with E-state index in [0.29, 0.717) is 0 Å². The molecule has 0 spiro atoms. The summed E-state index contributed by atoms with van der Waals surface area (Å²) in [5, 5.41) is 22.1. The maximum atomic E-state index is 13.6. The van der Waals surface area contributed by atoms with E-state index in [0.717, 1.165) is 6.07 Å². The largest absolute Gasteiger partial charge is 0.444 e. The topological polar surface area (TPSA) is 105 Å². The highest BCUT2D eigenvalue weighted by Crippen LogP contribution is 2.25. The molecule has 0 aromatic heterocycles. The smallest absolute Gasteiger partial charge is 0.407 e. The van der Waals surface area contributed by atoms with Crippen LogP contribution in [0.1, 0.15) is 32.4 Å². The Labute approximate surface area is 122 Å². The van der Waals surface area contributed by atoms with Crippen molar-refractivity contribution < 1.29 is 24.1 Å². The van der Waals surface area contributed by atoms with Gasteiger partial charge in [0.25, 0.3) is 0 Å². The zero-order chi connectivity index (χ0) is 16.2. The van der Waals surface area contributed by atoms with Crippen LogP contribution in [0, 0.1) is 5.82 Å². The second kappa shape index (κ2) is 6.73. The highest BCUT2D eigenvalue weighted by Gasteiger charge is 2.25. The molecule has 7 heteroatoms. The number of nitrogens with two attached hydrogens (primary N) is 1. The number of alkyl carbamates (subject to hydrolysis) is 1. The number of rotatable bonds is 4. The van der Waals surface area contributed by atoms with Gasteiger partial charge in [0.15, 0.2) is 0 Å². The molecule has 0 fully saturated rings. The van der Waals surface area contributed by atoms with Crippen LogP contribution >= 0.6 is 0 Å². The summed E-state index contributed by atoms with van der Waals surface area (Å²) >= 11 is 0. The van der Waals surface area contributed by atoms with Crippen molar-refractivity contribution in [2.45, 2.75) is 38.6 Å². The molecule has 1 aromatic rings. The van der Waals surface area contributed by atoms with Crippen molar-refractivity contribution >= 4 is 11.8 Å². The van der Waals surface area contributed by atoms with Crippen LogP contribution in [-0.2, 0) is 4.74 Å². The molecule has 1 rings (SSSR count). The Hall–Kier alpha value is -1.86. The van der Waals surface area contributed by atoms with Gasteiger partial charge >= 0.3 is 6.09 Å². The van der Waals surface area contributed by atoms with E-state index in [4.69, 9.17) is 10.5 Å². The predicted molar refractivity (Wildman–Crippen MR) is 76.0 cm³/mol. The number of benzene rings is 1. The second-order valence-electron chi connectivity index (χ2n) is 5.64. The van der Waals surface area contributed by atoms with Crippen LogP contribution in [0.5, 0.6) is 0 Å². The monoisotopic (exact) mass is 300 g/mol. The summed E-state index contributed by atoms with van der Waals surface area (Å²) in [5.74, 6) is -0.723. The lowest BCUT2D eigenvalue weighted by molar-refractivity contribution is 0.0117. The lowest BCUT2D eigenvalue weighted by atomic mass is 10.0. The Morgan fingerprint density at radius 1 is 1.43 bits per heavy atom. The van der Waals surface area contributed by atoms with Crippen LogP contribution in [-0.4, -0.2) is 34.6 Å². The highest BCUT2D eigenvalue weighted by atomic mass is 19.1. The Morgan fingerprint density at radius 3 is 2.57 bits per heavy atom. The first-order valence-corrected chi connectivity index (χ1v) is 6.48. The molecule has 118 valence electrons. The zero-order valence-corrected chi connectivity index (χ0v) is 12.3. The third-order valence-electron chi connectivity index (χ3n) is 2.60. The molecule has 0 saturated carbocycles. The number of halogens is 1. The lowest BCUT2D eigenvalue weighted by Gasteiger charge is -2.23. The number of aliphatic hydroxyl groups is 2. The quantitative estimate of drug-likeness (QED) is 0.628. The summed E-state index contributed by atoms with van der Waals surface area (Å²) in [4.78, 5) is 11.4. The van der Waals surface area contributed by atoms with Crippen molar-refractivity contribution in [2.24, 2.45) is 0 Å². The number of aliphatic hydroxyl groups excluding tert-OH is 2. The third kappa shape index (κ3) is 5.20. The summed E-state index contributed by atoms with van der Waals surface area (Å²) < 4.78 is 18.6. The van der Waals surface area contributed by atoms with E-state index in [9.17, 15) is 19.4 Å². The molecule has 0 aliphatic carbocycles. The molecule has 0 heterocycles. The van der Waals surface area contributed by atoms with Gasteiger partial charge in [0.2, 0.25) is 0 Å². The van der Waals surface area contributed by atoms with Gasteiger partial charge in [0, 0.05) is 17.8 Å². The molecule has 6 nitrogen and oxygen atoms in total. The highest BCUT2D eigenvalue weighted by molar-refractivity contribution is 5.67. The summed E-state index contributed by atoms with van der Waals surface area (Å²) in [5.41, 5.74) is 4.73. The first-order chi connectivity index (χ1) is 9.61. The average Bonchev–Trinajstić information content (AvgIpc) is 2.33. The van der Waals surface area contributed by atoms with Crippen LogP contribution in [0.4, 0.5) is 14.9 Å². The molecule has 5 N–H and O–H groups in total. The van der Waals surface area contributed by atoms with E-state index in [1.54, 1.807) is 20.8 Å². The van der Waals surface area contributed by atoms with Gasteiger partial charge in [0.05, 0.1) is 0 Å². The van der Waals surface area contributed by atoms with Crippen molar-refractivity contribution in [3.05, 3.63) is 29.6 Å². The van der Waals surface area contributed by atoms with E-state index >= 15 is 0 Å². The fourth-order valence-corrected chi connectivity index (χ4v) is 1.67. The number of ether oxygens (including phenoxy) is 1. The standard InChI is InChI=1S/C14H21FN2O4/c1-14(2,3)21-13(20)17-7-10(18)12(19)11-8(15)5-4-6-9(11)16/h4-6,10,12,18-19H,7,16H2,1-3H3,(H,17,20). The predicted octanol–water partition coefficient (Wildman–Crippen LogP) is 1.33. The summed E-state index contributed by atoms with van der Waals surface area (Å²) in [6.45, 7) is 4.78. The maximum Gasteiger partial charge on any atom is 0.407 e. The van der Waals surface area contributed by atoms with Gasteiger partial charge in [0.1, 0.15) is 23.6 Å². The average molecular weight is 300 g/mol. The van der Waals surface area contributed by atoms with Gasteiger partial charge in [-0.3, -0.25) is 0 Å². The summed E-state index contributed by atoms with van der Waals surface area (Å²) in [6, 6.07) is 3.94. The Balaban J connectivity index is 2.63. The fourth-order valence-electron chi connectivity index (χ4n) is 1.67. The molecule has 2 unspecified atom stereocenters. The summed E-state index contributed by atoms with van der Waals surface area (Å²) in [7, 11) is 0. The zero-order valence-electron chi connectivity index (χ0n) is 12.3. The molecule has 0 bridgehead atoms. The van der Waals surface area contributed by atoms with Crippen molar-refractivity contribution in [1.29, 1.82) is 0 Å². The van der Waals surface area contributed by atoms with Crippen molar-refractivity contribution in [3.63, 3.8) is 0 Å². The number of anilines is 1. The molecule has 1 aromatic carbocycles. The minimum absolute atomic E-state index is 0.0267. The Kier molecular flexibility index (Phi) is 5.51. The molecule has 0 saturated heterocycles. The van der Waals surface area contributed by atoms with Crippen LogP contribution in [0.15, 0.2) is 18.2 Å². The van der Waals surface area contributed by atoms with Crippen LogP contribution in [0.2, 0.25) is 0 Å². The number of hydrogen-bond donors (Lipinski definition) is 4. The molecule has 2 atom stereocenters. The van der Waals surface area contributed by atoms with E-state index < -0.39 is 29.7 Å². The number of carbonyl (C=O) groups is 1. The van der Waals surface area contributed by atoms with Crippen LogP contribution in [0.25, 0.3) is 0 Å². The van der Waals surface area contributed by atoms with Gasteiger partial charge in [-0.05, 0) is 32.9 Å².